The van der Waals surface area contributed by atoms with Crippen LogP contribution in [0.3, 0.4) is 0 Å². The summed E-state index contributed by atoms with van der Waals surface area (Å²) in [5, 5.41) is 19.3. The van der Waals surface area contributed by atoms with Gasteiger partial charge in [0.2, 0.25) is 0 Å². The molecule has 2 aromatic carbocycles. The fourth-order valence-corrected chi connectivity index (χ4v) is 2.49. The fraction of sp³-hybridized carbons (Fsp3) is 0.133. The van der Waals surface area contributed by atoms with Gasteiger partial charge in [-0.25, -0.2) is 0 Å². The number of para-hydroxylation sites is 1. The van der Waals surface area contributed by atoms with Crippen LogP contribution < -0.4 is 4.74 Å². The largest absolute Gasteiger partial charge is 0.481 e. The molecule has 94 valence electrons. The number of hydrogen-bond donors (Lipinski definition) is 1. The topological polar surface area (TPSA) is 53.2 Å². The molecule has 1 N–H and O–H groups in total. The van der Waals surface area contributed by atoms with Crippen LogP contribution in [-0.2, 0) is 0 Å². The van der Waals surface area contributed by atoms with Gasteiger partial charge in [0.15, 0.2) is 12.2 Å². The number of rotatable bonds is 1. The zero-order valence-corrected chi connectivity index (χ0v) is 10.6. The molecule has 0 bridgehead atoms. The molecule has 3 rings (SSSR count). The monoisotopic (exact) mass is 271 g/mol. The van der Waals surface area contributed by atoms with Crippen LogP contribution in [0.15, 0.2) is 42.5 Å². The average Bonchev–Trinajstić information content (AvgIpc) is 2.45. The second-order valence-corrected chi connectivity index (χ2v) is 4.78. The molecular formula is C15H10ClNO2. The van der Waals surface area contributed by atoms with E-state index in [0.717, 1.165) is 16.7 Å². The normalized spacial score (nSPS) is 17.6. The third kappa shape index (κ3) is 1.95. The van der Waals surface area contributed by atoms with Gasteiger partial charge in [-0.1, -0.05) is 35.9 Å². The summed E-state index contributed by atoms with van der Waals surface area (Å²) >= 11 is 6.00. The Balaban J connectivity index is 2.23. The highest BCUT2D eigenvalue weighted by molar-refractivity contribution is 6.30. The Hall–Kier alpha value is -2.02. The molecule has 0 radical (unpaired) electrons. The lowest BCUT2D eigenvalue weighted by Gasteiger charge is -2.29. The molecular weight excluding hydrogens is 262 g/mol. The molecule has 1 aliphatic rings. The van der Waals surface area contributed by atoms with Crippen LogP contribution in [0.1, 0.15) is 11.7 Å². The van der Waals surface area contributed by atoms with Crippen LogP contribution in [0.2, 0.25) is 5.02 Å². The van der Waals surface area contributed by atoms with Gasteiger partial charge in [0.05, 0.1) is 6.07 Å². The molecule has 0 amide bonds. The molecule has 0 fully saturated rings. The summed E-state index contributed by atoms with van der Waals surface area (Å²) in [7, 11) is 0. The van der Waals surface area contributed by atoms with Crippen molar-refractivity contribution in [1.29, 1.82) is 5.26 Å². The highest BCUT2D eigenvalue weighted by Crippen LogP contribution is 2.43. The van der Waals surface area contributed by atoms with Crippen LogP contribution in [0.25, 0.3) is 11.1 Å². The quantitative estimate of drug-likeness (QED) is 0.810. The highest BCUT2D eigenvalue weighted by Gasteiger charge is 2.31. The molecule has 0 saturated heterocycles. The maximum Gasteiger partial charge on any atom is 0.181 e. The fourth-order valence-electron chi connectivity index (χ4n) is 2.31. The molecule has 3 nitrogen and oxygen atoms in total. The van der Waals surface area contributed by atoms with Crippen molar-refractivity contribution in [3.05, 3.63) is 53.1 Å². The third-order valence-electron chi connectivity index (χ3n) is 3.17. The number of nitriles is 1. The van der Waals surface area contributed by atoms with E-state index < -0.39 is 12.2 Å². The van der Waals surface area contributed by atoms with Gasteiger partial charge < -0.3 is 9.84 Å². The third-order valence-corrected chi connectivity index (χ3v) is 3.41. The summed E-state index contributed by atoms with van der Waals surface area (Å²) in [5.41, 5.74) is 2.61. The Bertz CT molecular complexity index is 678. The van der Waals surface area contributed by atoms with Crippen LogP contribution in [0.5, 0.6) is 5.75 Å². The number of aliphatic hydroxyl groups excluding tert-OH is 1. The lowest BCUT2D eigenvalue weighted by atomic mass is 9.91. The Morgan fingerprint density at radius 2 is 2.00 bits per heavy atom. The number of aliphatic hydroxyl groups is 1. The van der Waals surface area contributed by atoms with Crippen LogP contribution in [-0.4, -0.2) is 11.2 Å². The Labute approximate surface area is 115 Å². The van der Waals surface area contributed by atoms with E-state index in [4.69, 9.17) is 21.6 Å². The minimum absolute atomic E-state index is 0.553. The van der Waals surface area contributed by atoms with Gasteiger partial charge in [-0.2, -0.15) is 5.26 Å². The van der Waals surface area contributed by atoms with Gasteiger partial charge in [0, 0.05) is 16.1 Å². The van der Waals surface area contributed by atoms with Crippen molar-refractivity contribution in [2.24, 2.45) is 0 Å². The summed E-state index contributed by atoms with van der Waals surface area (Å²) in [6.45, 7) is 0. The second kappa shape index (κ2) is 4.58. The van der Waals surface area contributed by atoms with E-state index in [-0.39, 0.29) is 0 Å². The molecule has 0 spiro atoms. The molecule has 0 saturated carbocycles. The number of hydrogen-bond acceptors (Lipinski definition) is 3. The first-order chi connectivity index (χ1) is 9.20. The number of ether oxygens (including phenoxy) is 1. The first-order valence-corrected chi connectivity index (χ1v) is 6.21. The molecule has 0 aromatic heterocycles. The molecule has 1 heterocycles. The highest BCUT2D eigenvalue weighted by atomic mass is 35.5. The molecule has 2 atom stereocenters. The lowest BCUT2D eigenvalue weighted by Crippen LogP contribution is -2.25. The van der Waals surface area contributed by atoms with Crippen LogP contribution in [0.4, 0.5) is 0 Å². The van der Waals surface area contributed by atoms with E-state index >= 15 is 0 Å². The molecule has 2 unspecified atom stereocenters. The Morgan fingerprint density at radius 3 is 2.79 bits per heavy atom. The second-order valence-electron chi connectivity index (χ2n) is 4.34. The zero-order valence-electron chi connectivity index (χ0n) is 9.88. The Morgan fingerprint density at radius 1 is 1.21 bits per heavy atom. The maximum atomic E-state index is 9.82. The van der Waals surface area contributed by atoms with Crippen molar-refractivity contribution in [2.45, 2.75) is 12.2 Å². The first kappa shape index (κ1) is 12.0. The van der Waals surface area contributed by atoms with Crippen molar-refractivity contribution in [3.8, 4) is 22.9 Å². The summed E-state index contributed by atoms with van der Waals surface area (Å²) in [4.78, 5) is 0. The van der Waals surface area contributed by atoms with Crippen molar-refractivity contribution >= 4 is 11.6 Å². The molecule has 19 heavy (non-hydrogen) atoms. The lowest BCUT2D eigenvalue weighted by molar-refractivity contribution is 0.0697. The van der Waals surface area contributed by atoms with E-state index in [0.29, 0.717) is 10.8 Å². The van der Waals surface area contributed by atoms with Crippen molar-refractivity contribution < 1.29 is 9.84 Å². The van der Waals surface area contributed by atoms with Crippen molar-refractivity contribution in [2.75, 3.05) is 0 Å². The number of nitrogens with zero attached hydrogens (tertiary/aromatic N) is 1. The van der Waals surface area contributed by atoms with Gasteiger partial charge in [-0.05, 0) is 23.8 Å². The van der Waals surface area contributed by atoms with E-state index in [1.54, 1.807) is 12.1 Å². The van der Waals surface area contributed by atoms with Crippen LogP contribution >= 0.6 is 11.6 Å². The zero-order chi connectivity index (χ0) is 13.4. The standard InChI is InChI=1S/C15H10ClNO2/c16-9-5-6-10-11-3-1-2-4-14(11)19-15(12(10)7-9)13(18)8-17/h1-7,13,15,18H. The Kier molecular flexibility index (Phi) is 2.90. The SMILES string of the molecule is N#CC(O)C1Oc2ccccc2-c2ccc(Cl)cc21. The summed E-state index contributed by atoms with van der Waals surface area (Å²) < 4.78 is 5.73. The van der Waals surface area contributed by atoms with Gasteiger partial charge in [0.1, 0.15) is 5.75 Å². The molecule has 1 aliphatic heterocycles. The summed E-state index contributed by atoms with van der Waals surface area (Å²) in [5.74, 6) is 0.664. The average molecular weight is 272 g/mol. The predicted molar refractivity (Wildman–Crippen MR) is 71.9 cm³/mol. The smallest absolute Gasteiger partial charge is 0.181 e. The molecule has 4 heteroatoms. The molecule has 0 aliphatic carbocycles. The minimum atomic E-state index is -1.23. The predicted octanol–water partition coefficient (Wildman–Crippen LogP) is 3.32. The maximum absolute atomic E-state index is 9.82. The van der Waals surface area contributed by atoms with E-state index in [1.165, 1.54) is 0 Å². The number of halogens is 1. The van der Waals surface area contributed by atoms with E-state index in [1.807, 2.05) is 36.4 Å². The number of fused-ring (bicyclic) bond motifs is 3. The van der Waals surface area contributed by atoms with Gasteiger partial charge in [-0.3, -0.25) is 0 Å². The first-order valence-electron chi connectivity index (χ1n) is 5.84. The van der Waals surface area contributed by atoms with E-state index in [9.17, 15) is 5.11 Å². The van der Waals surface area contributed by atoms with E-state index in [2.05, 4.69) is 0 Å². The summed E-state index contributed by atoms with van der Waals surface area (Å²) in [6.07, 6.45) is -1.95. The van der Waals surface area contributed by atoms with Crippen molar-refractivity contribution in [3.63, 3.8) is 0 Å². The summed E-state index contributed by atoms with van der Waals surface area (Å²) in [6, 6.07) is 14.8. The van der Waals surface area contributed by atoms with Crippen molar-refractivity contribution in [1.82, 2.24) is 0 Å². The molecule has 2 aromatic rings. The van der Waals surface area contributed by atoms with Gasteiger partial charge >= 0.3 is 0 Å². The van der Waals surface area contributed by atoms with Gasteiger partial charge in [-0.15, -0.1) is 0 Å². The minimum Gasteiger partial charge on any atom is -0.481 e. The van der Waals surface area contributed by atoms with Gasteiger partial charge in [0.25, 0.3) is 0 Å². The number of benzene rings is 2. The van der Waals surface area contributed by atoms with Crippen LogP contribution in [0, 0.1) is 11.3 Å².